The minimum Gasteiger partial charge on any atom is -0.391 e. The molecule has 0 aliphatic rings. The molecule has 0 aliphatic heterocycles. The molecule has 0 bridgehead atoms. The molecule has 0 saturated carbocycles. The van der Waals surface area contributed by atoms with E-state index in [1.165, 1.54) is 77.0 Å². The van der Waals surface area contributed by atoms with Crippen LogP contribution in [-0.2, 0) is 4.74 Å². The van der Waals surface area contributed by atoms with Crippen molar-refractivity contribution in [3.05, 3.63) is 12.2 Å². The first kappa shape index (κ1) is 22.6. The average Bonchev–Trinajstić information content (AvgIpc) is 2.57. The summed E-state index contributed by atoms with van der Waals surface area (Å²) in [5.74, 6) is 0. The third kappa shape index (κ3) is 19.6. The van der Waals surface area contributed by atoms with Gasteiger partial charge in [0.2, 0.25) is 0 Å². The third-order valence-corrected chi connectivity index (χ3v) is 4.12. The van der Waals surface area contributed by atoms with Gasteiger partial charge in [0.05, 0.1) is 6.61 Å². The van der Waals surface area contributed by atoms with Gasteiger partial charge in [0.25, 0.3) is 0 Å². The van der Waals surface area contributed by atoms with E-state index in [0.717, 1.165) is 12.8 Å². The Morgan fingerprint density at radius 1 is 0.739 bits per heavy atom. The van der Waals surface area contributed by atoms with Crippen LogP contribution < -0.4 is 0 Å². The number of ether oxygens (including phenoxy) is 1. The van der Waals surface area contributed by atoms with Crippen LogP contribution in [0.2, 0.25) is 0 Å². The predicted molar refractivity (Wildman–Crippen MR) is 98.5 cm³/mol. The molecule has 0 amide bonds. The first-order valence-corrected chi connectivity index (χ1v) is 9.86. The number of rotatable bonds is 18. The summed E-state index contributed by atoms with van der Waals surface area (Å²) in [6.07, 6.45) is 21.7. The van der Waals surface area contributed by atoms with Gasteiger partial charge in [-0.15, -0.1) is 0 Å². The minimum absolute atomic E-state index is 0.313. The molecule has 0 aliphatic carbocycles. The monoisotopic (exact) mass is 328 g/mol. The van der Waals surface area contributed by atoms with Crippen LogP contribution in [0.4, 0.5) is 0 Å². The number of unbranched alkanes of at least 4 members (excludes halogenated alkanes) is 12. The Kier molecular flexibility index (Phi) is 19.3. The first-order valence-electron chi connectivity index (χ1n) is 9.86. The topological polar surface area (TPSA) is 49.7 Å². The van der Waals surface area contributed by atoms with Gasteiger partial charge in [-0.1, -0.05) is 76.9 Å². The Morgan fingerprint density at radius 2 is 1.22 bits per heavy atom. The molecule has 0 fully saturated rings. The third-order valence-electron chi connectivity index (χ3n) is 4.12. The van der Waals surface area contributed by atoms with Crippen LogP contribution in [0.5, 0.6) is 0 Å². The van der Waals surface area contributed by atoms with Gasteiger partial charge in [0.15, 0.2) is 6.29 Å². The normalized spacial score (nSPS) is 13.0. The van der Waals surface area contributed by atoms with Crippen molar-refractivity contribution in [1.29, 1.82) is 0 Å². The second-order valence-electron chi connectivity index (χ2n) is 6.45. The summed E-state index contributed by atoms with van der Waals surface area (Å²) < 4.78 is 5.01. The maximum Gasteiger partial charge on any atom is 0.177 e. The van der Waals surface area contributed by atoms with Crippen LogP contribution in [0.25, 0.3) is 0 Å². The van der Waals surface area contributed by atoms with Gasteiger partial charge >= 0.3 is 0 Å². The number of allylic oxidation sites excluding steroid dienone is 2. The van der Waals surface area contributed by atoms with Crippen LogP contribution >= 0.6 is 0 Å². The van der Waals surface area contributed by atoms with Gasteiger partial charge < -0.3 is 14.9 Å². The van der Waals surface area contributed by atoms with Crippen molar-refractivity contribution in [3.8, 4) is 0 Å². The zero-order chi connectivity index (χ0) is 17.0. The molecule has 3 nitrogen and oxygen atoms in total. The van der Waals surface area contributed by atoms with Gasteiger partial charge in [-0.05, 0) is 32.1 Å². The molecule has 0 aromatic carbocycles. The van der Waals surface area contributed by atoms with E-state index in [1.54, 1.807) is 0 Å². The molecule has 0 spiro atoms. The second-order valence-corrected chi connectivity index (χ2v) is 6.45. The molecule has 0 radical (unpaired) electrons. The van der Waals surface area contributed by atoms with Gasteiger partial charge in [-0.3, -0.25) is 0 Å². The van der Waals surface area contributed by atoms with Crippen molar-refractivity contribution < 1.29 is 14.9 Å². The van der Waals surface area contributed by atoms with Crippen molar-refractivity contribution in [1.82, 2.24) is 0 Å². The zero-order valence-electron chi connectivity index (χ0n) is 15.3. The van der Waals surface area contributed by atoms with Crippen LogP contribution in [-0.4, -0.2) is 29.7 Å². The summed E-state index contributed by atoms with van der Waals surface area (Å²) in [6.45, 7) is 2.50. The lowest BCUT2D eigenvalue weighted by Crippen LogP contribution is -2.16. The Bertz CT molecular complexity index is 241. The summed E-state index contributed by atoms with van der Waals surface area (Å²) in [5.41, 5.74) is 0. The molecule has 0 saturated heterocycles. The highest BCUT2D eigenvalue weighted by Gasteiger charge is 1.99. The largest absolute Gasteiger partial charge is 0.391 e. The molecule has 2 N–H and O–H groups in total. The molecule has 0 aromatic heterocycles. The van der Waals surface area contributed by atoms with Gasteiger partial charge in [-0.25, -0.2) is 0 Å². The lowest BCUT2D eigenvalue weighted by atomic mass is 10.1. The van der Waals surface area contributed by atoms with E-state index in [1.807, 2.05) is 0 Å². The SMILES string of the molecule is CCCCCCCCC=CCCCCCCCCOC(O)CO. The van der Waals surface area contributed by atoms with Crippen LogP contribution in [0.1, 0.15) is 96.8 Å². The lowest BCUT2D eigenvalue weighted by molar-refractivity contribution is -0.125. The summed E-state index contributed by atoms with van der Waals surface area (Å²) in [5, 5.41) is 17.6. The fraction of sp³-hybridized carbons (Fsp3) is 0.900. The van der Waals surface area contributed by atoms with Gasteiger partial charge in [-0.2, -0.15) is 0 Å². The quantitative estimate of drug-likeness (QED) is 0.202. The molecular formula is C20H40O3. The Balaban J connectivity index is 3.08. The molecule has 1 atom stereocenters. The summed E-state index contributed by atoms with van der Waals surface area (Å²) in [7, 11) is 0. The standard InChI is InChI=1S/C20H40O3/c1-2-3-4-5-6-7-8-9-10-11-12-13-14-15-16-17-18-23-20(22)19-21/h9-10,20-22H,2-8,11-19H2,1H3. The zero-order valence-corrected chi connectivity index (χ0v) is 15.3. The maximum atomic E-state index is 9.00. The highest BCUT2D eigenvalue weighted by atomic mass is 16.6. The smallest absolute Gasteiger partial charge is 0.177 e. The van der Waals surface area contributed by atoms with Gasteiger partial charge in [0.1, 0.15) is 0 Å². The number of aliphatic hydroxyl groups is 2. The van der Waals surface area contributed by atoms with E-state index in [9.17, 15) is 0 Å². The highest BCUT2D eigenvalue weighted by Crippen LogP contribution is 2.10. The van der Waals surface area contributed by atoms with E-state index in [-0.39, 0.29) is 6.61 Å². The van der Waals surface area contributed by atoms with Crippen LogP contribution in [0.15, 0.2) is 12.2 Å². The van der Waals surface area contributed by atoms with E-state index in [2.05, 4.69) is 19.1 Å². The summed E-state index contributed by atoms with van der Waals surface area (Å²) in [4.78, 5) is 0. The van der Waals surface area contributed by atoms with Gasteiger partial charge in [0, 0.05) is 6.61 Å². The van der Waals surface area contributed by atoms with E-state index in [4.69, 9.17) is 14.9 Å². The predicted octanol–water partition coefficient (Wildman–Crippen LogP) is 5.35. The van der Waals surface area contributed by atoms with Crippen LogP contribution in [0.3, 0.4) is 0 Å². The molecule has 23 heavy (non-hydrogen) atoms. The van der Waals surface area contributed by atoms with Crippen molar-refractivity contribution in [3.63, 3.8) is 0 Å². The maximum absolute atomic E-state index is 9.00. The van der Waals surface area contributed by atoms with Crippen molar-refractivity contribution in [2.45, 2.75) is 103 Å². The summed E-state index contributed by atoms with van der Waals surface area (Å²) >= 11 is 0. The molecular weight excluding hydrogens is 288 g/mol. The number of hydrogen-bond acceptors (Lipinski definition) is 3. The van der Waals surface area contributed by atoms with Crippen molar-refractivity contribution in [2.75, 3.05) is 13.2 Å². The van der Waals surface area contributed by atoms with Crippen molar-refractivity contribution in [2.24, 2.45) is 0 Å². The van der Waals surface area contributed by atoms with E-state index in [0.29, 0.717) is 6.61 Å². The molecule has 138 valence electrons. The summed E-state index contributed by atoms with van der Waals surface area (Å²) in [6, 6.07) is 0. The van der Waals surface area contributed by atoms with E-state index < -0.39 is 6.29 Å². The molecule has 0 aromatic rings. The molecule has 0 heterocycles. The Morgan fingerprint density at radius 3 is 1.74 bits per heavy atom. The molecule has 0 rings (SSSR count). The first-order chi connectivity index (χ1) is 11.3. The number of aliphatic hydroxyl groups excluding tert-OH is 2. The Labute approximate surface area is 144 Å². The second kappa shape index (κ2) is 19.7. The van der Waals surface area contributed by atoms with Crippen LogP contribution in [0, 0.1) is 0 Å². The van der Waals surface area contributed by atoms with Crippen molar-refractivity contribution >= 4 is 0 Å². The van der Waals surface area contributed by atoms with E-state index >= 15 is 0 Å². The lowest BCUT2D eigenvalue weighted by Gasteiger charge is -2.08. The highest BCUT2D eigenvalue weighted by molar-refractivity contribution is 4.81. The Hall–Kier alpha value is -0.380. The minimum atomic E-state index is -1.00. The number of hydrogen-bond donors (Lipinski definition) is 2. The fourth-order valence-corrected chi connectivity index (χ4v) is 2.62. The molecule has 1 unspecified atom stereocenters. The average molecular weight is 329 g/mol. The fourth-order valence-electron chi connectivity index (χ4n) is 2.62. The molecule has 3 heteroatoms.